The fourth-order valence-corrected chi connectivity index (χ4v) is 4.42. The molecule has 5 rings (SSSR count). The summed E-state index contributed by atoms with van der Waals surface area (Å²) in [7, 11) is 0. The smallest absolute Gasteiger partial charge is 0.253 e. The van der Waals surface area contributed by atoms with E-state index in [1.807, 2.05) is 46.7 Å². The molecule has 3 aromatic heterocycles. The summed E-state index contributed by atoms with van der Waals surface area (Å²) in [5, 5.41) is 10.2. The highest BCUT2D eigenvalue weighted by Crippen LogP contribution is 2.21. The normalized spacial score (nSPS) is 14.7. The third-order valence-corrected chi connectivity index (χ3v) is 6.40. The zero-order valence-corrected chi connectivity index (χ0v) is 18.3. The molecule has 0 spiro atoms. The van der Waals surface area contributed by atoms with Crippen molar-refractivity contribution in [3.05, 3.63) is 65.9 Å². The average Bonchev–Trinajstić information content (AvgIpc) is 3.62. The van der Waals surface area contributed by atoms with Crippen LogP contribution in [0.15, 0.2) is 59.0 Å². The monoisotopic (exact) mass is 449 g/mol. The molecule has 32 heavy (non-hydrogen) atoms. The topological polar surface area (TPSA) is 93.2 Å². The van der Waals surface area contributed by atoms with Crippen molar-refractivity contribution in [2.75, 3.05) is 32.7 Å². The highest BCUT2D eigenvalue weighted by atomic mass is 32.1. The number of thiophene rings is 1. The van der Waals surface area contributed by atoms with Gasteiger partial charge in [0.15, 0.2) is 0 Å². The molecule has 4 aromatic rings. The molecule has 1 aromatic carbocycles. The van der Waals surface area contributed by atoms with E-state index in [-0.39, 0.29) is 5.91 Å². The first-order chi connectivity index (χ1) is 15.8. The van der Waals surface area contributed by atoms with Gasteiger partial charge in [-0.3, -0.25) is 9.69 Å². The van der Waals surface area contributed by atoms with Crippen LogP contribution in [0.5, 0.6) is 0 Å². The molecule has 4 heterocycles. The van der Waals surface area contributed by atoms with Crippen LogP contribution >= 0.6 is 11.3 Å². The second-order valence-corrected chi connectivity index (χ2v) is 8.56. The molecule has 0 radical (unpaired) electrons. The largest absolute Gasteiger partial charge is 0.339 e. The maximum absolute atomic E-state index is 12.8. The molecular formula is C22H23N7O2S. The van der Waals surface area contributed by atoms with Gasteiger partial charge in [-0.15, -0.1) is 11.3 Å². The molecular weight excluding hydrogens is 426 g/mol. The second kappa shape index (κ2) is 9.41. The molecule has 164 valence electrons. The van der Waals surface area contributed by atoms with Gasteiger partial charge >= 0.3 is 0 Å². The summed E-state index contributed by atoms with van der Waals surface area (Å²) in [6.45, 7) is 4.14. The lowest BCUT2D eigenvalue weighted by molar-refractivity contribution is 0.0635. The van der Waals surface area contributed by atoms with Crippen LogP contribution in [-0.2, 0) is 6.42 Å². The van der Waals surface area contributed by atoms with Gasteiger partial charge in [0, 0.05) is 38.2 Å². The lowest BCUT2D eigenvalue weighted by atomic mass is 10.1. The standard InChI is InChI=1S/C22H23N7O2S/c30-22(17-5-7-18(8-6-17)29-16-23-15-24-29)28-12-10-27(11-13-28)9-1-4-20-25-21(26-31-20)19-3-2-14-32-19/h2-3,5-8,14-16H,1,4,9-13H2. The summed E-state index contributed by atoms with van der Waals surface area (Å²) < 4.78 is 7.04. The van der Waals surface area contributed by atoms with Gasteiger partial charge in [-0.2, -0.15) is 10.1 Å². The second-order valence-electron chi connectivity index (χ2n) is 7.61. The van der Waals surface area contributed by atoms with Crippen molar-refractivity contribution in [3.8, 4) is 16.4 Å². The predicted molar refractivity (Wildman–Crippen MR) is 120 cm³/mol. The van der Waals surface area contributed by atoms with E-state index >= 15 is 0 Å². The first-order valence-corrected chi connectivity index (χ1v) is 11.5. The molecule has 0 atom stereocenters. The number of rotatable bonds is 7. The van der Waals surface area contributed by atoms with Crippen LogP contribution < -0.4 is 0 Å². The minimum absolute atomic E-state index is 0.0711. The van der Waals surface area contributed by atoms with E-state index in [4.69, 9.17) is 4.52 Å². The van der Waals surface area contributed by atoms with Crippen molar-refractivity contribution >= 4 is 17.2 Å². The Bertz CT molecular complexity index is 1130. The molecule has 1 fully saturated rings. The first-order valence-electron chi connectivity index (χ1n) is 10.6. The number of carbonyl (C=O) groups is 1. The Labute approximate surface area is 189 Å². The van der Waals surface area contributed by atoms with Crippen molar-refractivity contribution in [1.29, 1.82) is 0 Å². The molecule has 10 heteroatoms. The van der Waals surface area contributed by atoms with Gasteiger partial charge in [0.05, 0.1) is 10.6 Å². The van der Waals surface area contributed by atoms with Gasteiger partial charge < -0.3 is 9.42 Å². The quantitative estimate of drug-likeness (QED) is 0.428. The lowest BCUT2D eigenvalue weighted by Gasteiger charge is -2.34. The van der Waals surface area contributed by atoms with Crippen molar-refractivity contribution in [3.63, 3.8) is 0 Å². The Morgan fingerprint density at radius 2 is 1.94 bits per heavy atom. The summed E-state index contributed by atoms with van der Waals surface area (Å²) in [6.07, 6.45) is 4.83. The molecule has 0 N–H and O–H groups in total. The fraction of sp³-hybridized carbons (Fsp3) is 0.318. The van der Waals surface area contributed by atoms with E-state index < -0.39 is 0 Å². The Balaban J connectivity index is 1.07. The number of aromatic nitrogens is 5. The third-order valence-electron chi connectivity index (χ3n) is 5.53. The summed E-state index contributed by atoms with van der Waals surface area (Å²) in [5.74, 6) is 1.41. The summed E-state index contributed by atoms with van der Waals surface area (Å²) in [4.78, 5) is 26.6. The Hall–Kier alpha value is -3.37. The van der Waals surface area contributed by atoms with Gasteiger partial charge in [-0.1, -0.05) is 11.2 Å². The number of benzene rings is 1. The molecule has 0 unspecified atom stereocenters. The van der Waals surface area contributed by atoms with Crippen molar-refractivity contribution in [2.24, 2.45) is 0 Å². The van der Waals surface area contributed by atoms with E-state index in [1.54, 1.807) is 22.3 Å². The summed E-state index contributed by atoms with van der Waals surface area (Å²) in [5.41, 5.74) is 1.58. The van der Waals surface area contributed by atoms with Crippen molar-refractivity contribution < 1.29 is 9.32 Å². The Kier molecular flexibility index (Phi) is 6.04. The minimum atomic E-state index is 0.0711. The van der Waals surface area contributed by atoms with Crippen LogP contribution in [0.4, 0.5) is 0 Å². The average molecular weight is 450 g/mol. The Morgan fingerprint density at radius 1 is 1.09 bits per heavy atom. The first kappa shape index (κ1) is 20.5. The van der Waals surface area contributed by atoms with Crippen molar-refractivity contribution in [1.82, 2.24) is 34.7 Å². The zero-order chi connectivity index (χ0) is 21.8. The van der Waals surface area contributed by atoms with Gasteiger partial charge in [0.2, 0.25) is 11.7 Å². The molecule has 1 aliphatic rings. The molecule has 0 aliphatic carbocycles. The van der Waals surface area contributed by atoms with Gasteiger partial charge in [0.1, 0.15) is 12.7 Å². The van der Waals surface area contributed by atoms with Crippen LogP contribution in [0.2, 0.25) is 0 Å². The van der Waals surface area contributed by atoms with Crippen LogP contribution in [0.3, 0.4) is 0 Å². The van der Waals surface area contributed by atoms with Gasteiger partial charge in [-0.25, -0.2) is 9.67 Å². The van der Waals surface area contributed by atoms with Crippen LogP contribution in [0, 0.1) is 0 Å². The van der Waals surface area contributed by atoms with Crippen LogP contribution in [0.1, 0.15) is 22.7 Å². The van der Waals surface area contributed by atoms with Crippen LogP contribution in [0.25, 0.3) is 16.4 Å². The van der Waals surface area contributed by atoms with E-state index in [9.17, 15) is 4.79 Å². The number of hydrogen-bond donors (Lipinski definition) is 0. The van der Waals surface area contributed by atoms with Gasteiger partial charge in [0.25, 0.3) is 5.91 Å². The number of nitrogens with zero attached hydrogens (tertiary/aromatic N) is 7. The lowest BCUT2D eigenvalue weighted by Crippen LogP contribution is -2.48. The fourth-order valence-electron chi connectivity index (χ4n) is 3.77. The zero-order valence-electron chi connectivity index (χ0n) is 17.5. The van der Waals surface area contributed by atoms with E-state index in [0.717, 1.165) is 56.1 Å². The highest BCUT2D eigenvalue weighted by molar-refractivity contribution is 7.13. The maximum Gasteiger partial charge on any atom is 0.253 e. The number of hydrogen-bond acceptors (Lipinski definition) is 8. The molecule has 9 nitrogen and oxygen atoms in total. The van der Waals surface area contributed by atoms with Gasteiger partial charge in [-0.05, 0) is 48.7 Å². The molecule has 1 amide bonds. The van der Waals surface area contributed by atoms with Crippen molar-refractivity contribution in [2.45, 2.75) is 12.8 Å². The number of piperazine rings is 1. The summed E-state index contributed by atoms with van der Waals surface area (Å²) in [6, 6.07) is 11.4. The highest BCUT2D eigenvalue weighted by Gasteiger charge is 2.22. The van der Waals surface area contributed by atoms with Crippen LogP contribution in [-0.4, -0.2) is 73.3 Å². The third kappa shape index (κ3) is 4.61. The molecule has 1 saturated heterocycles. The number of carbonyl (C=O) groups excluding carboxylic acids is 1. The predicted octanol–water partition coefficient (Wildman–Crippen LogP) is 2.77. The number of aryl methyl sites for hydroxylation is 1. The van der Waals surface area contributed by atoms with E-state index in [0.29, 0.717) is 17.3 Å². The molecule has 0 saturated carbocycles. The Morgan fingerprint density at radius 3 is 2.66 bits per heavy atom. The van der Waals surface area contributed by atoms with E-state index in [2.05, 4.69) is 25.1 Å². The number of amides is 1. The molecule has 1 aliphatic heterocycles. The minimum Gasteiger partial charge on any atom is -0.339 e. The summed E-state index contributed by atoms with van der Waals surface area (Å²) >= 11 is 1.60. The molecule has 0 bridgehead atoms. The SMILES string of the molecule is O=C(c1ccc(-n2cncn2)cc1)N1CCN(CCCc2nc(-c3cccs3)no2)CC1. The maximum atomic E-state index is 12.8. The van der Waals surface area contributed by atoms with E-state index in [1.165, 1.54) is 6.33 Å².